The monoisotopic (exact) mass is 420 g/mol. The number of rotatable bonds is 4. The number of pyridine rings is 1. The van der Waals surface area contributed by atoms with Gasteiger partial charge in [-0.25, -0.2) is 5.10 Å². The number of hydrogen-bond donors (Lipinski definition) is 0. The summed E-state index contributed by atoms with van der Waals surface area (Å²) in [6, 6.07) is 16.2. The minimum Gasteiger partial charge on any atom is -0.425 e. The first-order valence-corrected chi connectivity index (χ1v) is 9.73. The number of ether oxygens (including phenoxy) is 1. The van der Waals surface area contributed by atoms with Gasteiger partial charge in [-0.2, -0.15) is 0 Å². The minimum atomic E-state index is -0.738. The van der Waals surface area contributed by atoms with Gasteiger partial charge >= 0.3 is 25.0 Å². The summed E-state index contributed by atoms with van der Waals surface area (Å²) in [7, 11) is 0. The number of benzene rings is 2. The first-order chi connectivity index (χ1) is 13.2. The van der Waals surface area contributed by atoms with Gasteiger partial charge in [0.25, 0.3) is 0 Å². The number of hydrogen-bond acceptors (Lipinski definition) is 7. The van der Waals surface area contributed by atoms with Crippen molar-refractivity contribution in [3.63, 3.8) is 0 Å². The molecule has 10 heteroatoms. The van der Waals surface area contributed by atoms with Gasteiger partial charge in [0.1, 0.15) is 5.75 Å². The number of carbonyl (C=O) groups excluding carboxylic acids is 1. The van der Waals surface area contributed by atoms with E-state index in [2.05, 4.69) is 20.5 Å². The van der Waals surface area contributed by atoms with Gasteiger partial charge < -0.3 is 15.2 Å². The number of halogens is 1. The van der Waals surface area contributed by atoms with E-state index in [-0.39, 0.29) is 24.0 Å². The molecule has 0 radical (unpaired) electrons. The van der Waals surface area contributed by atoms with E-state index < -0.39 is 6.09 Å². The summed E-state index contributed by atoms with van der Waals surface area (Å²) in [5, 5.41) is 13.7. The quantitative estimate of drug-likeness (QED) is 0.373. The molecule has 134 valence electrons. The van der Waals surface area contributed by atoms with Crippen molar-refractivity contribution in [1.82, 2.24) is 15.2 Å². The van der Waals surface area contributed by atoms with Crippen molar-refractivity contribution >= 4 is 56.8 Å². The SMILES string of the molecule is O=C([N-]c1nnc(Sc2ccnc3cc(Cl)ccc23)s1)Oc1ccccc1.[Li+]. The van der Waals surface area contributed by atoms with E-state index in [1.807, 2.05) is 24.3 Å². The molecule has 28 heavy (non-hydrogen) atoms. The molecule has 0 saturated carbocycles. The average Bonchev–Trinajstić information content (AvgIpc) is 3.09. The second-order valence-electron chi connectivity index (χ2n) is 5.22. The maximum Gasteiger partial charge on any atom is 1.00 e. The second-order valence-corrected chi connectivity index (χ2v) is 7.90. The van der Waals surface area contributed by atoms with Crippen LogP contribution >= 0.6 is 34.7 Å². The molecule has 6 nitrogen and oxygen atoms in total. The predicted octanol–water partition coefficient (Wildman–Crippen LogP) is 3.10. The Balaban J connectivity index is 0.00000225. The molecule has 0 fully saturated rings. The van der Waals surface area contributed by atoms with Crippen molar-refractivity contribution in [3.8, 4) is 5.75 Å². The van der Waals surface area contributed by atoms with Gasteiger partial charge in [-0.3, -0.25) is 9.78 Å². The standard InChI is InChI=1S/C18H11ClN4O2S2.Li/c19-11-6-7-13-14(10-11)20-9-8-15(13)26-18-23-22-16(27-18)21-17(24)25-12-4-2-1-3-5-12;/h1-10H,(H,21,22,24);/q;+1/p-1. The summed E-state index contributed by atoms with van der Waals surface area (Å²) in [4.78, 5) is 17.2. The number of fused-ring (bicyclic) bond motifs is 1. The Bertz CT molecular complexity index is 1110. The third kappa shape index (κ3) is 5.04. The zero-order chi connectivity index (χ0) is 18.6. The fourth-order valence-corrected chi connectivity index (χ4v) is 4.20. The number of para-hydroxylation sites is 1. The van der Waals surface area contributed by atoms with Gasteiger partial charge in [-0.05, 0) is 30.3 Å². The largest absolute Gasteiger partial charge is 1.00 e. The molecule has 0 spiro atoms. The van der Waals surface area contributed by atoms with E-state index in [9.17, 15) is 4.79 Å². The average molecular weight is 421 g/mol. The fraction of sp³-hybridized carbons (Fsp3) is 0. The van der Waals surface area contributed by atoms with Crippen LogP contribution in [0.1, 0.15) is 0 Å². The van der Waals surface area contributed by atoms with Crippen molar-refractivity contribution in [2.75, 3.05) is 0 Å². The van der Waals surface area contributed by atoms with Crippen LogP contribution in [-0.4, -0.2) is 21.3 Å². The van der Waals surface area contributed by atoms with Crippen LogP contribution in [0.5, 0.6) is 5.75 Å². The van der Waals surface area contributed by atoms with Gasteiger partial charge in [0.05, 0.1) is 5.52 Å². The molecule has 0 unspecified atom stereocenters. The summed E-state index contributed by atoms with van der Waals surface area (Å²) in [5.41, 5.74) is 0.799. The first-order valence-electron chi connectivity index (χ1n) is 7.71. The van der Waals surface area contributed by atoms with Crippen LogP contribution in [0.4, 0.5) is 9.93 Å². The molecule has 0 saturated heterocycles. The zero-order valence-corrected chi connectivity index (χ0v) is 17.0. The summed E-state index contributed by atoms with van der Waals surface area (Å²) < 4.78 is 5.78. The van der Waals surface area contributed by atoms with Gasteiger partial charge in [0, 0.05) is 26.6 Å². The van der Waals surface area contributed by atoms with Crippen LogP contribution in [0, 0.1) is 0 Å². The number of nitrogens with zero attached hydrogens (tertiary/aromatic N) is 4. The molecule has 0 N–H and O–H groups in total. The fourth-order valence-electron chi connectivity index (χ4n) is 2.26. The summed E-state index contributed by atoms with van der Waals surface area (Å²) in [6.07, 6.45) is 0.975. The first kappa shape index (κ1) is 20.6. The van der Waals surface area contributed by atoms with Crippen molar-refractivity contribution in [3.05, 3.63) is 71.1 Å². The van der Waals surface area contributed by atoms with Crippen LogP contribution in [0.2, 0.25) is 5.02 Å². The molecule has 0 bridgehead atoms. The summed E-state index contributed by atoms with van der Waals surface area (Å²) >= 11 is 8.65. The molecule has 0 aliphatic heterocycles. The van der Waals surface area contributed by atoms with Crippen molar-refractivity contribution in [2.45, 2.75) is 9.24 Å². The van der Waals surface area contributed by atoms with Gasteiger partial charge in [0.15, 0.2) is 4.34 Å². The van der Waals surface area contributed by atoms with Crippen LogP contribution in [0.3, 0.4) is 0 Å². The van der Waals surface area contributed by atoms with E-state index >= 15 is 0 Å². The van der Waals surface area contributed by atoms with E-state index in [0.717, 1.165) is 15.8 Å². The molecule has 2 aromatic heterocycles. The van der Waals surface area contributed by atoms with E-state index in [1.54, 1.807) is 36.5 Å². The molecular formula is C18H10ClLiN4O2S2. The maximum absolute atomic E-state index is 11.9. The van der Waals surface area contributed by atoms with Crippen LogP contribution in [0.15, 0.2) is 70.0 Å². The smallest absolute Gasteiger partial charge is 0.425 e. The van der Waals surface area contributed by atoms with E-state index in [0.29, 0.717) is 15.1 Å². The summed E-state index contributed by atoms with van der Waals surface area (Å²) in [6.45, 7) is 0. The van der Waals surface area contributed by atoms with E-state index in [1.165, 1.54) is 23.1 Å². The van der Waals surface area contributed by atoms with Crippen LogP contribution < -0.4 is 23.6 Å². The van der Waals surface area contributed by atoms with Gasteiger partial charge in [-0.15, -0.1) is 11.3 Å². The Hall–Kier alpha value is -2.08. The Labute approximate surface area is 185 Å². The number of aromatic nitrogens is 3. The van der Waals surface area contributed by atoms with Gasteiger partial charge in [0.2, 0.25) is 0 Å². The number of carbonyl (C=O) groups is 1. The molecule has 4 rings (SSSR count). The third-order valence-corrected chi connectivity index (χ3v) is 5.57. The molecule has 0 atom stereocenters. The Morgan fingerprint density at radius 3 is 2.75 bits per heavy atom. The molecule has 4 aromatic rings. The Morgan fingerprint density at radius 1 is 1.11 bits per heavy atom. The molecule has 0 aliphatic carbocycles. The predicted molar refractivity (Wildman–Crippen MR) is 106 cm³/mol. The molecule has 2 heterocycles. The normalized spacial score (nSPS) is 10.3. The number of amides is 1. The van der Waals surface area contributed by atoms with Gasteiger partial charge in [-0.1, -0.05) is 47.6 Å². The van der Waals surface area contributed by atoms with E-state index in [4.69, 9.17) is 16.3 Å². The zero-order valence-electron chi connectivity index (χ0n) is 14.6. The molecule has 0 aliphatic rings. The van der Waals surface area contributed by atoms with Crippen molar-refractivity contribution in [2.24, 2.45) is 0 Å². The third-order valence-electron chi connectivity index (χ3n) is 3.39. The molecular weight excluding hydrogens is 411 g/mol. The van der Waals surface area contributed by atoms with Crippen LogP contribution in [0.25, 0.3) is 16.2 Å². The molecule has 2 aromatic carbocycles. The Kier molecular flexibility index (Phi) is 6.94. The molecule has 1 amide bonds. The van der Waals surface area contributed by atoms with Crippen molar-refractivity contribution in [1.29, 1.82) is 0 Å². The minimum absolute atomic E-state index is 0. The van der Waals surface area contributed by atoms with Crippen LogP contribution in [-0.2, 0) is 0 Å². The second kappa shape index (κ2) is 9.41. The topological polar surface area (TPSA) is 79.1 Å². The van der Waals surface area contributed by atoms with Crippen molar-refractivity contribution < 1.29 is 28.4 Å². The summed E-state index contributed by atoms with van der Waals surface area (Å²) in [5.74, 6) is 0.423. The Morgan fingerprint density at radius 2 is 1.93 bits per heavy atom. The maximum atomic E-state index is 11.9.